The van der Waals surface area contributed by atoms with Gasteiger partial charge in [-0.2, -0.15) is 10.4 Å². The normalized spacial score (nSPS) is 15.8. The molecule has 146 valence electrons. The summed E-state index contributed by atoms with van der Waals surface area (Å²) in [6.45, 7) is 6.24. The van der Waals surface area contributed by atoms with Crippen LogP contribution in [0.4, 0.5) is 0 Å². The molecule has 2 aromatic carbocycles. The van der Waals surface area contributed by atoms with Gasteiger partial charge in [-0.15, -0.1) is 0 Å². The topological polar surface area (TPSA) is 76.9 Å². The van der Waals surface area contributed by atoms with Crippen molar-refractivity contribution in [2.24, 2.45) is 5.73 Å². The number of halogens is 1. The maximum Gasteiger partial charge on any atom is 0.226 e. The first kappa shape index (κ1) is 19.4. The van der Waals surface area contributed by atoms with E-state index in [1.165, 1.54) is 5.56 Å². The van der Waals surface area contributed by atoms with Gasteiger partial charge in [-0.05, 0) is 48.2 Å². The summed E-state index contributed by atoms with van der Waals surface area (Å²) in [7, 11) is 0. The molecule has 0 bridgehead atoms. The zero-order chi connectivity index (χ0) is 20.7. The zero-order valence-corrected chi connectivity index (χ0v) is 18.1. The van der Waals surface area contributed by atoms with Crippen LogP contribution in [0.5, 0.6) is 5.88 Å². The van der Waals surface area contributed by atoms with Gasteiger partial charge in [-0.25, -0.2) is 4.68 Å². The van der Waals surface area contributed by atoms with Crippen LogP contribution in [-0.2, 0) is 0 Å². The number of nitrogens with zero attached hydrogens (tertiary/aromatic N) is 3. The highest BCUT2D eigenvalue weighted by Gasteiger charge is 2.33. The van der Waals surface area contributed by atoms with Crippen LogP contribution in [0.1, 0.15) is 42.1 Å². The molecule has 3 aromatic rings. The first-order chi connectivity index (χ1) is 13.9. The fourth-order valence-corrected chi connectivity index (χ4v) is 3.83. The fourth-order valence-electron chi connectivity index (χ4n) is 3.57. The summed E-state index contributed by atoms with van der Waals surface area (Å²) in [5.41, 5.74) is 12.1. The van der Waals surface area contributed by atoms with E-state index in [1.807, 2.05) is 43.3 Å². The van der Waals surface area contributed by atoms with Crippen molar-refractivity contribution in [3.63, 3.8) is 0 Å². The van der Waals surface area contributed by atoms with Gasteiger partial charge in [0.05, 0.1) is 22.5 Å². The number of nitrogens with two attached hydrogens (primary N) is 1. The molecule has 0 spiro atoms. The molecule has 2 N–H and O–H groups in total. The largest absolute Gasteiger partial charge is 0.453 e. The molecule has 0 saturated carbocycles. The number of hydrogen-bond acceptors (Lipinski definition) is 4. The molecule has 5 nitrogen and oxygen atoms in total. The lowest BCUT2D eigenvalue weighted by Gasteiger charge is -2.25. The van der Waals surface area contributed by atoms with Crippen LogP contribution in [0.2, 0.25) is 0 Å². The van der Waals surface area contributed by atoms with E-state index in [9.17, 15) is 5.26 Å². The Balaban J connectivity index is 1.92. The van der Waals surface area contributed by atoms with Crippen molar-refractivity contribution in [3.05, 3.63) is 81.0 Å². The van der Waals surface area contributed by atoms with Crippen LogP contribution in [0.15, 0.2) is 58.6 Å². The molecule has 0 amide bonds. The van der Waals surface area contributed by atoms with Crippen molar-refractivity contribution in [1.82, 2.24) is 9.78 Å². The van der Waals surface area contributed by atoms with E-state index in [0.29, 0.717) is 17.4 Å². The van der Waals surface area contributed by atoms with Crippen LogP contribution < -0.4 is 10.5 Å². The van der Waals surface area contributed by atoms with E-state index >= 15 is 0 Å². The number of benzene rings is 2. The molecule has 4 rings (SSSR count). The van der Waals surface area contributed by atoms with Gasteiger partial charge in [-0.1, -0.05) is 54.0 Å². The number of ether oxygens (including phenoxy) is 1. The lowest BCUT2D eigenvalue weighted by Crippen LogP contribution is -2.33. The SMILES string of the molecule is Cc1nn(-c2ccc(Br)cc2)c2c1C(c1ccc(C(C)C)cc1)=C(C#N)C(N)O2. The van der Waals surface area contributed by atoms with Gasteiger partial charge in [0.15, 0.2) is 6.23 Å². The zero-order valence-electron chi connectivity index (χ0n) is 16.5. The van der Waals surface area contributed by atoms with E-state index in [0.717, 1.165) is 32.6 Å². The molecule has 0 fully saturated rings. The summed E-state index contributed by atoms with van der Waals surface area (Å²) in [5.74, 6) is 0.988. The van der Waals surface area contributed by atoms with Crippen molar-refractivity contribution in [1.29, 1.82) is 5.26 Å². The Morgan fingerprint density at radius 3 is 2.38 bits per heavy atom. The van der Waals surface area contributed by atoms with Gasteiger partial charge < -0.3 is 4.74 Å². The minimum atomic E-state index is -0.849. The molecule has 29 heavy (non-hydrogen) atoms. The third-order valence-electron chi connectivity index (χ3n) is 5.12. The summed E-state index contributed by atoms with van der Waals surface area (Å²) in [6.07, 6.45) is -0.849. The minimum absolute atomic E-state index is 0.410. The quantitative estimate of drug-likeness (QED) is 0.606. The minimum Gasteiger partial charge on any atom is -0.453 e. The predicted molar refractivity (Wildman–Crippen MR) is 117 cm³/mol. The van der Waals surface area contributed by atoms with E-state index < -0.39 is 6.23 Å². The van der Waals surface area contributed by atoms with E-state index in [1.54, 1.807) is 4.68 Å². The van der Waals surface area contributed by atoms with Crippen molar-refractivity contribution < 1.29 is 4.74 Å². The average Bonchev–Trinajstić information content (AvgIpc) is 3.03. The molecule has 6 heteroatoms. The molecule has 0 aliphatic carbocycles. The number of hydrogen-bond donors (Lipinski definition) is 1. The molecule has 1 aliphatic rings. The maximum absolute atomic E-state index is 9.81. The van der Waals surface area contributed by atoms with Crippen molar-refractivity contribution in [2.45, 2.75) is 32.9 Å². The van der Waals surface area contributed by atoms with Gasteiger partial charge in [0.2, 0.25) is 5.88 Å². The van der Waals surface area contributed by atoms with Gasteiger partial charge in [0, 0.05) is 10.0 Å². The standard InChI is InChI=1S/C23H21BrN4O/c1-13(2)15-4-6-16(7-5-15)21-19(12-25)22(26)29-23-20(21)14(3)27-28(23)18-10-8-17(24)9-11-18/h4-11,13,22H,26H2,1-3H3. The summed E-state index contributed by atoms with van der Waals surface area (Å²) >= 11 is 3.46. The summed E-state index contributed by atoms with van der Waals surface area (Å²) < 4.78 is 8.70. The monoisotopic (exact) mass is 448 g/mol. The molecule has 1 aromatic heterocycles. The molecular weight excluding hydrogens is 428 g/mol. The third-order valence-corrected chi connectivity index (χ3v) is 5.65. The van der Waals surface area contributed by atoms with Gasteiger partial charge in [-0.3, -0.25) is 5.73 Å². The first-order valence-corrected chi connectivity index (χ1v) is 10.2. The van der Waals surface area contributed by atoms with Gasteiger partial charge in [0.25, 0.3) is 0 Å². The number of rotatable bonds is 3. The lowest BCUT2D eigenvalue weighted by atomic mass is 9.90. The molecule has 0 saturated heterocycles. The fraction of sp³-hybridized carbons (Fsp3) is 0.217. The van der Waals surface area contributed by atoms with E-state index in [2.05, 4.69) is 48.0 Å². The number of fused-ring (bicyclic) bond motifs is 1. The molecule has 1 unspecified atom stereocenters. The second-order valence-corrected chi connectivity index (χ2v) is 8.29. The van der Waals surface area contributed by atoms with Crippen molar-refractivity contribution >= 4 is 21.5 Å². The highest BCUT2D eigenvalue weighted by atomic mass is 79.9. The molecular formula is C23H21BrN4O. The Morgan fingerprint density at radius 1 is 1.14 bits per heavy atom. The smallest absolute Gasteiger partial charge is 0.226 e. The van der Waals surface area contributed by atoms with Crippen molar-refractivity contribution in [2.75, 3.05) is 0 Å². The summed E-state index contributed by atoms with van der Waals surface area (Å²) in [6, 6.07) is 18.3. The molecule has 1 aliphatic heterocycles. The van der Waals surface area contributed by atoms with Crippen molar-refractivity contribution in [3.8, 4) is 17.6 Å². The average molecular weight is 449 g/mol. The van der Waals surface area contributed by atoms with Crippen LogP contribution in [0.25, 0.3) is 11.3 Å². The Labute approximate surface area is 178 Å². The number of nitriles is 1. The predicted octanol–water partition coefficient (Wildman–Crippen LogP) is 5.07. The second-order valence-electron chi connectivity index (χ2n) is 7.37. The Hall–Kier alpha value is -2.88. The van der Waals surface area contributed by atoms with Gasteiger partial charge >= 0.3 is 0 Å². The lowest BCUT2D eigenvalue weighted by molar-refractivity contribution is 0.228. The first-order valence-electron chi connectivity index (χ1n) is 9.43. The van der Waals surface area contributed by atoms with E-state index in [-0.39, 0.29) is 0 Å². The highest BCUT2D eigenvalue weighted by Crippen LogP contribution is 2.42. The summed E-state index contributed by atoms with van der Waals surface area (Å²) in [5, 5.41) is 14.5. The molecule has 2 heterocycles. The highest BCUT2D eigenvalue weighted by molar-refractivity contribution is 9.10. The number of aromatic nitrogens is 2. The summed E-state index contributed by atoms with van der Waals surface area (Å²) in [4.78, 5) is 0. The Kier molecular flexibility index (Phi) is 5.03. The van der Waals surface area contributed by atoms with Gasteiger partial charge in [0.1, 0.15) is 6.07 Å². The van der Waals surface area contributed by atoms with Crippen LogP contribution in [-0.4, -0.2) is 16.0 Å². The third kappa shape index (κ3) is 3.37. The molecule has 0 radical (unpaired) electrons. The second kappa shape index (κ2) is 7.51. The van der Waals surface area contributed by atoms with Crippen LogP contribution in [0, 0.1) is 18.3 Å². The van der Waals surface area contributed by atoms with Crippen LogP contribution in [0.3, 0.4) is 0 Å². The number of aryl methyl sites for hydroxylation is 1. The van der Waals surface area contributed by atoms with Crippen LogP contribution >= 0.6 is 15.9 Å². The van der Waals surface area contributed by atoms with E-state index in [4.69, 9.17) is 15.6 Å². The Morgan fingerprint density at radius 2 is 1.79 bits per heavy atom. The molecule has 1 atom stereocenters. The Bertz CT molecular complexity index is 1140. The maximum atomic E-state index is 9.81.